The number of alkyl halides is 1. The number of sulfonamides is 1. The van der Waals surface area contributed by atoms with Gasteiger partial charge in [-0.25, -0.2) is 17.8 Å². The Balaban J connectivity index is 1.24. The van der Waals surface area contributed by atoms with Gasteiger partial charge in [0.2, 0.25) is 21.8 Å². The van der Waals surface area contributed by atoms with Gasteiger partial charge in [0.1, 0.15) is 34.9 Å². The van der Waals surface area contributed by atoms with E-state index in [4.69, 9.17) is 19.2 Å². The number of ether oxygens (including phenoxy) is 3. The van der Waals surface area contributed by atoms with Crippen molar-refractivity contribution < 1.29 is 41.4 Å². The lowest BCUT2D eigenvalue weighted by molar-refractivity contribution is -0.142. The number of carbonyl (C=O) groups is 3. The van der Waals surface area contributed by atoms with Crippen molar-refractivity contribution >= 4 is 38.6 Å². The summed E-state index contributed by atoms with van der Waals surface area (Å²) in [7, 11) is -2.46. The summed E-state index contributed by atoms with van der Waals surface area (Å²) in [6, 6.07) is 3.40. The Labute approximate surface area is 328 Å². The Morgan fingerprint density at radius 1 is 1.14 bits per heavy atom. The number of hydrogen-bond acceptors (Lipinski definition) is 10. The molecule has 1 aromatic carbocycles. The number of amides is 3. The highest BCUT2D eigenvalue weighted by atomic mass is 32.2. The normalized spacial score (nSPS) is 31.2. The lowest BCUT2D eigenvalue weighted by atomic mass is 9.86. The van der Waals surface area contributed by atoms with Crippen molar-refractivity contribution in [1.82, 2.24) is 25.2 Å². The van der Waals surface area contributed by atoms with E-state index in [9.17, 15) is 22.8 Å². The maximum Gasteiger partial charge on any atom is 0.259 e. The molecule has 2 saturated carbocycles. The first-order valence-electron chi connectivity index (χ1n) is 20.0. The van der Waals surface area contributed by atoms with Crippen LogP contribution in [0.1, 0.15) is 109 Å². The van der Waals surface area contributed by atoms with Crippen LogP contribution in [0.15, 0.2) is 30.4 Å². The van der Waals surface area contributed by atoms with E-state index in [-0.39, 0.29) is 56.2 Å². The van der Waals surface area contributed by atoms with E-state index in [1.165, 1.54) is 12.0 Å². The summed E-state index contributed by atoms with van der Waals surface area (Å²) in [4.78, 5) is 49.6. The first-order valence-corrected chi connectivity index (χ1v) is 21.5. The second kappa shape index (κ2) is 15.2. The van der Waals surface area contributed by atoms with Crippen LogP contribution in [0.5, 0.6) is 11.5 Å². The fourth-order valence-electron chi connectivity index (χ4n) is 8.37. The number of halogens is 1. The second-order valence-electron chi connectivity index (χ2n) is 17.2. The standard InChI is InChI=1S/C41H56FN5O8S/c1-24(2)26(4)54-23-43-32-13-11-9-7-8-10-12-27-19-41(27,38(50)46-56(51,52)39(5)16-17-39)45-36(48)33-21-40(22-47(33)37(32)49)20-30(42)34-29-18-28(53-6)14-15-31(29)44-25(3)35(34)55-40/h10,12,14-15,18,24,26-27,30,32-33,43H,7-9,11,13,16-17,19-23H2,1-6H3,(H,45,48)(H,46,50)/b12-10-/t26-,27+,30+,32-,33-,40+,41+/m0/s1. The fourth-order valence-corrected chi connectivity index (χ4v) is 9.68. The van der Waals surface area contributed by atoms with Gasteiger partial charge in [-0.2, -0.15) is 0 Å². The van der Waals surface area contributed by atoms with Crippen LogP contribution in [0, 0.1) is 18.8 Å². The first kappa shape index (κ1) is 40.4. The molecule has 3 N–H and O–H groups in total. The average molecular weight is 798 g/mol. The molecular weight excluding hydrogens is 742 g/mol. The molecule has 1 saturated heterocycles. The molecule has 306 valence electrons. The fraction of sp³-hybridized carbons (Fsp3) is 0.659. The van der Waals surface area contributed by atoms with Crippen LogP contribution in [0.2, 0.25) is 0 Å². The van der Waals surface area contributed by atoms with Crippen molar-refractivity contribution in [1.29, 1.82) is 0 Å². The second-order valence-corrected chi connectivity index (χ2v) is 19.4. The van der Waals surface area contributed by atoms with Gasteiger partial charge >= 0.3 is 0 Å². The molecule has 56 heavy (non-hydrogen) atoms. The number of rotatable bonds is 9. The predicted octanol–water partition coefficient (Wildman–Crippen LogP) is 5.06. The summed E-state index contributed by atoms with van der Waals surface area (Å²) in [6.07, 6.45) is 6.80. The molecule has 0 bridgehead atoms. The number of fused-ring (bicyclic) bond motifs is 5. The minimum absolute atomic E-state index is 0.0534. The molecular formula is C41H56FN5O8S. The van der Waals surface area contributed by atoms with Crippen LogP contribution in [-0.4, -0.2) is 90.5 Å². The number of allylic oxidation sites excluding steroid dienone is 1. The Bertz CT molecular complexity index is 2020. The van der Waals surface area contributed by atoms with E-state index in [1.807, 2.05) is 19.1 Å². The largest absolute Gasteiger partial charge is 0.497 e. The summed E-state index contributed by atoms with van der Waals surface area (Å²) >= 11 is 0. The highest BCUT2D eigenvalue weighted by Gasteiger charge is 2.64. The third-order valence-electron chi connectivity index (χ3n) is 12.8. The first-order chi connectivity index (χ1) is 26.5. The van der Waals surface area contributed by atoms with Crippen molar-refractivity contribution in [3.63, 3.8) is 0 Å². The van der Waals surface area contributed by atoms with Gasteiger partial charge in [0.15, 0.2) is 0 Å². The van der Waals surface area contributed by atoms with Crippen molar-refractivity contribution in [3.05, 3.63) is 41.6 Å². The quantitative estimate of drug-likeness (QED) is 0.231. The number of benzene rings is 1. The van der Waals surface area contributed by atoms with Crippen LogP contribution in [0.25, 0.3) is 10.9 Å². The molecule has 7 rings (SSSR count). The summed E-state index contributed by atoms with van der Waals surface area (Å²) in [5.74, 6) is -1.15. The maximum absolute atomic E-state index is 16.8. The summed E-state index contributed by atoms with van der Waals surface area (Å²) in [5.41, 5.74) is -1.42. The molecule has 4 heterocycles. The Hall–Kier alpha value is -3.82. The summed E-state index contributed by atoms with van der Waals surface area (Å²) < 4.78 is 62.7. The zero-order valence-electron chi connectivity index (χ0n) is 33.3. The molecule has 3 aliphatic heterocycles. The van der Waals surface area contributed by atoms with Crippen LogP contribution >= 0.6 is 0 Å². The molecule has 0 radical (unpaired) electrons. The zero-order chi connectivity index (χ0) is 40.2. The molecule has 2 aromatic rings. The van der Waals surface area contributed by atoms with E-state index in [2.05, 4.69) is 29.2 Å². The van der Waals surface area contributed by atoms with E-state index in [0.29, 0.717) is 47.2 Å². The van der Waals surface area contributed by atoms with Gasteiger partial charge in [-0.15, -0.1) is 0 Å². The van der Waals surface area contributed by atoms with Crippen molar-refractivity contribution in [2.75, 3.05) is 20.4 Å². The number of methoxy groups -OCH3 is 1. The molecule has 2 aliphatic carbocycles. The number of carbonyl (C=O) groups excluding carboxylic acids is 3. The van der Waals surface area contributed by atoms with E-state index >= 15 is 4.39 Å². The lowest BCUT2D eigenvalue weighted by Crippen LogP contribution is -2.58. The predicted molar refractivity (Wildman–Crippen MR) is 208 cm³/mol. The van der Waals surface area contributed by atoms with Gasteiger partial charge in [0, 0.05) is 29.7 Å². The maximum atomic E-state index is 16.8. The van der Waals surface area contributed by atoms with Crippen LogP contribution in [0.3, 0.4) is 0 Å². The number of hydrogen-bond donors (Lipinski definition) is 3. The number of aryl methyl sites for hydroxylation is 1. The Morgan fingerprint density at radius 3 is 2.62 bits per heavy atom. The van der Waals surface area contributed by atoms with Crippen molar-refractivity contribution in [2.24, 2.45) is 11.8 Å². The molecule has 1 spiro atoms. The van der Waals surface area contributed by atoms with Gasteiger partial charge in [-0.1, -0.05) is 38.8 Å². The van der Waals surface area contributed by atoms with Gasteiger partial charge in [0.25, 0.3) is 5.91 Å². The molecule has 1 aromatic heterocycles. The average Bonchev–Trinajstić information content (AvgIpc) is 4.04. The van der Waals surface area contributed by atoms with Crippen LogP contribution in [-0.2, 0) is 29.1 Å². The third kappa shape index (κ3) is 7.62. The monoisotopic (exact) mass is 797 g/mol. The van der Waals surface area contributed by atoms with Gasteiger partial charge in [-0.3, -0.25) is 24.4 Å². The molecule has 13 nitrogen and oxygen atoms in total. The van der Waals surface area contributed by atoms with Crippen LogP contribution < -0.4 is 24.8 Å². The molecule has 7 atom stereocenters. The van der Waals surface area contributed by atoms with E-state index < -0.39 is 61.9 Å². The minimum atomic E-state index is -4.00. The van der Waals surface area contributed by atoms with E-state index in [1.54, 1.807) is 32.0 Å². The van der Waals surface area contributed by atoms with Crippen LogP contribution in [0.4, 0.5) is 4.39 Å². The Kier molecular flexibility index (Phi) is 10.9. The molecule has 0 unspecified atom stereocenters. The number of nitrogens with one attached hydrogen (secondary N) is 3. The highest BCUT2D eigenvalue weighted by Crippen LogP contribution is 2.52. The zero-order valence-corrected chi connectivity index (χ0v) is 34.1. The van der Waals surface area contributed by atoms with Gasteiger partial charge in [-0.05, 0) is 83.4 Å². The summed E-state index contributed by atoms with van der Waals surface area (Å²) in [6.45, 7) is 9.45. The molecule has 3 fully saturated rings. The molecule has 15 heteroatoms. The van der Waals surface area contributed by atoms with Gasteiger partial charge < -0.3 is 24.4 Å². The van der Waals surface area contributed by atoms with Crippen molar-refractivity contribution in [2.45, 2.75) is 139 Å². The molecule has 3 amide bonds. The number of pyridine rings is 1. The summed E-state index contributed by atoms with van der Waals surface area (Å²) in [5, 5.41) is 6.78. The molecule has 5 aliphatic rings. The topological polar surface area (TPSA) is 165 Å². The SMILES string of the molecule is COc1ccc2nc(C)c3c(c2c1)[C@H](F)C[C@]1(C[C@H]2C(=O)N[C@]4(C(=O)NS(=O)(=O)C5(C)CC5)C[C@H]4/C=C\CCCCC[C@H](NCO[C@@H](C)C(C)C)C(=O)N2C1)O3. The third-order valence-corrected chi connectivity index (χ3v) is 14.9. The smallest absolute Gasteiger partial charge is 0.259 e. The highest BCUT2D eigenvalue weighted by molar-refractivity contribution is 7.91. The van der Waals surface area contributed by atoms with Crippen molar-refractivity contribution in [3.8, 4) is 11.5 Å². The number of nitrogens with zero attached hydrogens (tertiary/aromatic N) is 2. The van der Waals surface area contributed by atoms with Gasteiger partial charge in [0.05, 0.1) is 48.5 Å². The number of aromatic nitrogens is 1. The minimum Gasteiger partial charge on any atom is -0.497 e. The Morgan fingerprint density at radius 2 is 1.91 bits per heavy atom. The van der Waals surface area contributed by atoms with E-state index in [0.717, 1.165) is 25.7 Å². The lowest BCUT2D eigenvalue weighted by Gasteiger charge is -2.38.